The first-order valence-electron chi connectivity index (χ1n) is 9.54. The van der Waals surface area contributed by atoms with Crippen LogP contribution in [0.1, 0.15) is 97.3 Å². The molecule has 0 heterocycles. The topological polar surface area (TPSA) is 74.6 Å². The smallest absolute Gasteiger partial charge is 0.264 e. The van der Waals surface area contributed by atoms with Gasteiger partial charge in [0, 0.05) is 0 Å². The number of unbranched alkanes of at least 4 members (excludes halogenated alkanes) is 9. The second-order valence-corrected chi connectivity index (χ2v) is 8.19. The molecule has 0 aromatic rings. The largest absolute Gasteiger partial charge is 0.394 e. The minimum atomic E-state index is -4.67. The molecule has 6 heteroatoms. The zero-order chi connectivity index (χ0) is 18.0. The van der Waals surface area contributed by atoms with Crippen LogP contribution in [0.2, 0.25) is 3.67 Å². The molecule has 0 aromatic heterocycles. The van der Waals surface area contributed by atoms with E-state index in [4.69, 9.17) is 17.5 Å². The first kappa shape index (κ1) is 26.1. The molecule has 0 bridgehead atoms. The Kier molecular flexibility index (Phi) is 21.8. The van der Waals surface area contributed by atoms with Crippen LogP contribution in [0.3, 0.4) is 0 Å². The zero-order valence-corrected chi connectivity index (χ0v) is 18.4. The zero-order valence-electron chi connectivity index (χ0n) is 15.6. The third-order valence-corrected chi connectivity index (χ3v) is 5.41. The van der Waals surface area contributed by atoms with E-state index < -0.39 is 10.4 Å². The summed E-state index contributed by atoms with van der Waals surface area (Å²) in [4.78, 5) is 0. The molecule has 0 fully saturated rings. The van der Waals surface area contributed by atoms with Crippen molar-refractivity contribution in [2.24, 2.45) is 5.92 Å². The van der Waals surface area contributed by atoms with Gasteiger partial charge in [0.1, 0.15) is 0 Å². The average molecular weight is 361 g/mol. The monoisotopic (exact) mass is 360 g/mol. The summed E-state index contributed by atoms with van der Waals surface area (Å²) in [6.45, 7) is 4.61. The second-order valence-electron chi connectivity index (χ2n) is 6.48. The molecular weight excluding hydrogens is 323 g/mol. The van der Waals surface area contributed by atoms with Gasteiger partial charge in [0.15, 0.2) is 0 Å². The van der Waals surface area contributed by atoms with Crippen LogP contribution in [0.15, 0.2) is 0 Å². The summed E-state index contributed by atoms with van der Waals surface area (Å²) in [6, 6.07) is 0. The maximum atomic E-state index is 8.74. The van der Waals surface area contributed by atoms with Crippen LogP contribution < -0.4 is 0 Å². The van der Waals surface area contributed by atoms with Crippen molar-refractivity contribution >= 4 is 38.3 Å². The van der Waals surface area contributed by atoms with Gasteiger partial charge in [0.05, 0.1) is 0 Å². The Hall–Kier alpha value is 0.870. The second kappa shape index (κ2) is 19.2. The summed E-state index contributed by atoms with van der Waals surface area (Å²) >= 11 is 1.41. The first-order chi connectivity index (χ1) is 10.8. The van der Waals surface area contributed by atoms with Crippen molar-refractivity contribution in [2.45, 2.75) is 101 Å². The fourth-order valence-corrected chi connectivity index (χ4v) is 3.62. The van der Waals surface area contributed by atoms with Crippen molar-refractivity contribution in [1.29, 1.82) is 0 Å². The minimum absolute atomic E-state index is 1.09. The van der Waals surface area contributed by atoms with Gasteiger partial charge in [-0.2, -0.15) is 8.42 Å². The summed E-state index contributed by atoms with van der Waals surface area (Å²) < 4.78 is 33.1. The predicted molar refractivity (Wildman–Crippen MR) is 99.6 cm³/mol. The van der Waals surface area contributed by atoms with E-state index in [1.54, 1.807) is 3.67 Å². The Bertz CT molecular complexity index is 313. The number of rotatable bonds is 14. The molecule has 4 nitrogen and oxygen atoms in total. The molecule has 0 radical (unpaired) electrons. The Morgan fingerprint density at radius 2 is 1.04 bits per heavy atom. The van der Waals surface area contributed by atoms with E-state index in [2.05, 4.69) is 13.8 Å². The van der Waals surface area contributed by atoms with Crippen LogP contribution >= 0.6 is 0 Å². The molecule has 0 aliphatic rings. The summed E-state index contributed by atoms with van der Waals surface area (Å²) in [7, 11) is -4.67. The van der Waals surface area contributed by atoms with E-state index in [1.165, 1.54) is 111 Å². The van der Waals surface area contributed by atoms with Gasteiger partial charge in [0.2, 0.25) is 0 Å². The minimum Gasteiger partial charge on any atom is -0.264 e. The fourth-order valence-electron chi connectivity index (χ4n) is 2.80. The predicted octanol–water partition coefficient (Wildman–Crippen LogP) is 5.65. The van der Waals surface area contributed by atoms with Gasteiger partial charge in [0.25, 0.3) is 0 Å². The van der Waals surface area contributed by atoms with Crippen LogP contribution in [0.25, 0.3) is 0 Å². The summed E-state index contributed by atoms with van der Waals surface area (Å²) in [5.74, 6) is 1.09. The van der Waals surface area contributed by atoms with Gasteiger partial charge in [-0.05, 0) is 0 Å². The summed E-state index contributed by atoms with van der Waals surface area (Å²) in [6.07, 6.45) is 19.1. The van der Waals surface area contributed by atoms with Crippen molar-refractivity contribution in [1.82, 2.24) is 0 Å². The molecule has 0 rings (SSSR count). The van der Waals surface area contributed by atoms with E-state index in [9.17, 15) is 0 Å². The van der Waals surface area contributed by atoms with Crippen molar-refractivity contribution in [3.63, 3.8) is 0 Å². The SMILES string of the molecule is CCCCCCCCC([CH2][Na])CCCCCCC.O=S(=O)(O)O. The van der Waals surface area contributed by atoms with Crippen LogP contribution in [-0.2, 0) is 10.4 Å². The Balaban J connectivity index is 0. The summed E-state index contributed by atoms with van der Waals surface area (Å²) in [5.41, 5.74) is 0. The molecule has 136 valence electrons. The van der Waals surface area contributed by atoms with Crippen molar-refractivity contribution in [2.75, 3.05) is 0 Å². The molecule has 0 spiro atoms. The van der Waals surface area contributed by atoms with Crippen LogP contribution in [0.4, 0.5) is 0 Å². The van der Waals surface area contributed by atoms with Gasteiger partial charge in [-0.1, -0.05) is 0 Å². The molecular formula is C17H37NaO4S. The van der Waals surface area contributed by atoms with Crippen LogP contribution in [0.5, 0.6) is 0 Å². The molecule has 1 unspecified atom stereocenters. The van der Waals surface area contributed by atoms with E-state index in [-0.39, 0.29) is 0 Å². The number of hydrogen-bond acceptors (Lipinski definition) is 2. The van der Waals surface area contributed by atoms with Gasteiger partial charge in [-0.3, -0.25) is 9.11 Å². The van der Waals surface area contributed by atoms with Crippen molar-refractivity contribution in [3.8, 4) is 0 Å². The maximum Gasteiger partial charge on any atom is 0.394 e. The van der Waals surface area contributed by atoms with Crippen molar-refractivity contribution in [3.05, 3.63) is 0 Å². The van der Waals surface area contributed by atoms with Gasteiger partial charge < -0.3 is 0 Å². The molecule has 0 saturated heterocycles. The first-order valence-corrected chi connectivity index (χ1v) is 12.4. The van der Waals surface area contributed by atoms with Gasteiger partial charge in [-0.15, -0.1) is 0 Å². The standard InChI is InChI=1S/C17H35.Na.H2O4S/c1-4-6-8-10-12-14-16-17(3)15-13-11-9-7-5-2;;1-5(2,3)4/h17H,3-16H2,1-2H3;;(H2,1,2,3,4). The molecule has 23 heavy (non-hydrogen) atoms. The fraction of sp³-hybridized carbons (Fsp3) is 1.00. The average Bonchev–Trinajstić information content (AvgIpc) is 2.46. The third-order valence-electron chi connectivity index (χ3n) is 4.26. The molecule has 0 aliphatic carbocycles. The molecule has 0 saturated carbocycles. The van der Waals surface area contributed by atoms with E-state index in [0.29, 0.717) is 0 Å². The Morgan fingerprint density at radius 1 is 0.739 bits per heavy atom. The van der Waals surface area contributed by atoms with Crippen LogP contribution in [0, 0.1) is 5.92 Å². The Labute approximate surface area is 162 Å². The number of hydrogen-bond donors (Lipinski definition) is 2. The van der Waals surface area contributed by atoms with E-state index in [1.807, 2.05) is 0 Å². The third kappa shape index (κ3) is 31.2. The van der Waals surface area contributed by atoms with E-state index >= 15 is 0 Å². The van der Waals surface area contributed by atoms with Crippen molar-refractivity contribution < 1.29 is 17.5 Å². The van der Waals surface area contributed by atoms with E-state index in [0.717, 1.165) is 5.92 Å². The maximum absolute atomic E-state index is 8.74. The Morgan fingerprint density at radius 3 is 1.35 bits per heavy atom. The van der Waals surface area contributed by atoms with Gasteiger partial charge >= 0.3 is 145 Å². The molecule has 2 N–H and O–H groups in total. The van der Waals surface area contributed by atoms with Gasteiger partial charge in [-0.25, -0.2) is 0 Å². The molecule has 1 atom stereocenters. The van der Waals surface area contributed by atoms with Crippen LogP contribution in [-0.4, -0.2) is 45.5 Å². The summed E-state index contributed by atoms with van der Waals surface area (Å²) in [5, 5.41) is 0. The molecule has 0 amide bonds. The quantitative estimate of drug-likeness (QED) is 0.238. The normalized spacial score (nSPS) is 12.6. The molecule has 0 aromatic carbocycles. The molecule has 0 aliphatic heterocycles.